The van der Waals surface area contributed by atoms with Crippen molar-refractivity contribution < 1.29 is 31.8 Å². The maximum atomic E-state index is 14.7. The third kappa shape index (κ3) is 3.87. The Labute approximate surface area is 193 Å². The van der Waals surface area contributed by atoms with Gasteiger partial charge in [0.2, 0.25) is 5.88 Å². The molecule has 1 atom stereocenters. The fourth-order valence-corrected chi connectivity index (χ4v) is 4.98. The van der Waals surface area contributed by atoms with Crippen LogP contribution in [0.2, 0.25) is 0 Å². The summed E-state index contributed by atoms with van der Waals surface area (Å²) in [6, 6.07) is 5.01. The lowest BCUT2D eigenvalue weighted by atomic mass is 10.1. The summed E-state index contributed by atoms with van der Waals surface area (Å²) in [7, 11) is 1.50. The van der Waals surface area contributed by atoms with Crippen molar-refractivity contribution in [2.75, 3.05) is 13.7 Å². The van der Waals surface area contributed by atoms with Gasteiger partial charge in [0, 0.05) is 23.6 Å². The van der Waals surface area contributed by atoms with E-state index in [0.717, 1.165) is 5.56 Å². The van der Waals surface area contributed by atoms with E-state index in [-0.39, 0.29) is 12.2 Å². The molecule has 3 heterocycles. The number of nitrogens with zero attached hydrogens (tertiary/aromatic N) is 3. The molecule has 0 aliphatic carbocycles. The van der Waals surface area contributed by atoms with Crippen LogP contribution < -0.4 is 14.8 Å². The molecule has 4 aromatic rings. The number of carbonyl (C=O) groups is 1. The second-order valence-corrected chi connectivity index (χ2v) is 8.78. The monoisotopic (exact) mass is 492 g/mol. The van der Waals surface area contributed by atoms with Gasteiger partial charge >= 0.3 is 12.1 Å². The summed E-state index contributed by atoms with van der Waals surface area (Å²) in [5.41, 5.74) is 3.77. The van der Waals surface area contributed by atoms with Crippen LogP contribution in [0.3, 0.4) is 0 Å². The van der Waals surface area contributed by atoms with Crippen LogP contribution >= 0.6 is 11.3 Å². The number of halogens is 4. The Hall–Kier alpha value is -3.54. The van der Waals surface area contributed by atoms with E-state index in [4.69, 9.17) is 9.47 Å². The van der Waals surface area contributed by atoms with E-state index in [9.17, 15) is 22.4 Å². The lowest BCUT2D eigenvalue weighted by Gasteiger charge is -2.13. The summed E-state index contributed by atoms with van der Waals surface area (Å²) < 4.78 is 63.5. The zero-order chi connectivity index (χ0) is 24.2. The van der Waals surface area contributed by atoms with Crippen LogP contribution in [0, 0.1) is 12.7 Å². The van der Waals surface area contributed by atoms with Crippen molar-refractivity contribution in [2.45, 2.75) is 25.6 Å². The SMILES string of the molecule is COc1cnc2c(-c3nc4cc(F)c5c(c4s3)C[C@@H](CNC(=O)C(F)(F)F)O5)cc(C)cc2n1. The molecule has 0 radical (unpaired) electrons. The van der Waals surface area contributed by atoms with Crippen LogP contribution in [0.25, 0.3) is 31.8 Å². The minimum absolute atomic E-state index is 0.0346. The van der Waals surface area contributed by atoms with Crippen molar-refractivity contribution in [3.05, 3.63) is 41.3 Å². The number of benzene rings is 2. The number of aryl methyl sites for hydroxylation is 1. The Morgan fingerprint density at radius 3 is 2.79 bits per heavy atom. The normalized spacial score (nSPS) is 15.4. The highest BCUT2D eigenvalue weighted by molar-refractivity contribution is 7.22. The van der Waals surface area contributed by atoms with Gasteiger partial charge in [0.1, 0.15) is 11.1 Å². The van der Waals surface area contributed by atoms with Crippen LogP contribution in [0.15, 0.2) is 24.4 Å². The number of fused-ring (bicyclic) bond motifs is 4. The van der Waals surface area contributed by atoms with E-state index in [2.05, 4.69) is 15.0 Å². The maximum Gasteiger partial charge on any atom is 0.471 e. The molecule has 7 nitrogen and oxygen atoms in total. The third-order valence-electron chi connectivity index (χ3n) is 5.35. The number of alkyl halides is 3. The van der Waals surface area contributed by atoms with E-state index in [1.165, 1.54) is 30.7 Å². The first-order chi connectivity index (χ1) is 16.1. The Morgan fingerprint density at radius 1 is 1.26 bits per heavy atom. The standard InChI is InChI=1S/C22H16F4N4O3S/c1-9-3-11(17-14(4-9)29-16(32-2)8-27-17)20-30-15-6-13(23)18-12(19(15)34-20)5-10(33-18)7-28-21(31)22(24,25)26/h3-4,6,8,10H,5,7H2,1-2H3,(H,28,31)/t10-/m0/s1. The van der Waals surface area contributed by atoms with Crippen molar-refractivity contribution in [3.8, 4) is 22.2 Å². The molecule has 0 bridgehead atoms. The summed E-state index contributed by atoms with van der Waals surface area (Å²) in [5, 5.41) is 2.37. The molecule has 0 spiro atoms. The lowest BCUT2D eigenvalue weighted by Crippen LogP contribution is -2.41. The van der Waals surface area contributed by atoms with Gasteiger partial charge in [-0.15, -0.1) is 11.3 Å². The van der Waals surface area contributed by atoms with Gasteiger partial charge in [0.05, 0.1) is 41.1 Å². The van der Waals surface area contributed by atoms with Crippen molar-refractivity contribution >= 4 is 38.5 Å². The van der Waals surface area contributed by atoms with Gasteiger partial charge in [0.15, 0.2) is 11.6 Å². The molecule has 0 unspecified atom stereocenters. The number of aromatic nitrogens is 3. The fraction of sp³-hybridized carbons (Fsp3) is 0.273. The molecular formula is C22H16F4N4O3S. The second-order valence-electron chi connectivity index (χ2n) is 7.78. The highest BCUT2D eigenvalue weighted by Gasteiger charge is 2.39. The zero-order valence-electron chi connectivity index (χ0n) is 17.8. The highest BCUT2D eigenvalue weighted by Crippen LogP contribution is 2.43. The fourth-order valence-electron chi connectivity index (χ4n) is 3.87. The number of nitrogens with one attached hydrogen (secondary N) is 1. The zero-order valence-corrected chi connectivity index (χ0v) is 18.6. The average Bonchev–Trinajstić information content (AvgIpc) is 3.40. The van der Waals surface area contributed by atoms with Crippen LogP contribution in [-0.4, -0.2) is 46.8 Å². The van der Waals surface area contributed by atoms with E-state index in [1.807, 2.05) is 19.1 Å². The topological polar surface area (TPSA) is 86.2 Å². The predicted octanol–water partition coefficient (Wildman–Crippen LogP) is 4.34. The molecule has 1 aliphatic rings. The first-order valence-electron chi connectivity index (χ1n) is 10.1. The predicted molar refractivity (Wildman–Crippen MR) is 117 cm³/mol. The molecule has 34 heavy (non-hydrogen) atoms. The van der Waals surface area contributed by atoms with E-state index < -0.39 is 30.5 Å². The molecule has 1 N–H and O–H groups in total. The number of amides is 1. The largest absolute Gasteiger partial charge is 0.485 e. The van der Waals surface area contributed by atoms with Crippen molar-refractivity contribution in [1.29, 1.82) is 0 Å². The van der Waals surface area contributed by atoms with Gasteiger partial charge in [-0.3, -0.25) is 4.79 Å². The molecule has 0 saturated carbocycles. The number of carbonyl (C=O) groups excluding carboxylic acids is 1. The lowest BCUT2D eigenvalue weighted by molar-refractivity contribution is -0.173. The molecule has 1 aliphatic heterocycles. The summed E-state index contributed by atoms with van der Waals surface area (Å²) in [6.45, 7) is 1.50. The average molecular weight is 492 g/mol. The molecule has 2 aromatic carbocycles. The van der Waals surface area contributed by atoms with Gasteiger partial charge < -0.3 is 14.8 Å². The smallest absolute Gasteiger partial charge is 0.471 e. The Morgan fingerprint density at radius 2 is 2.06 bits per heavy atom. The van der Waals surface area contributed by atoms with Crippen molar-refractivity contribution in [1.82, 2.24) is 20.3 Å². The molecule has 2 aromatic heterocycles. The molecule has 0 saturated heterocycles. The number of rotatable bonds is 4. The minimum atomic E-state index is -5.00. The van der Waals surface area contributed by atoms with Crippen molar-refractivity contribution in [2.24, 2.45) is 0 Å². The van der Waals surface area contributed by atoms with E-state index in [0.29, 0.717) is 43.3 Å². The first kappa shape index (κ1) is 22.3. The Bertz CT molecular complexity index is 1450. The minimum Gasteiger partial charge on any atom is -0.485 e. The molecular weight excluding hydrogens is 476 g/mol. The van der Waals surface area contributed by atoms with E-state index in [1.54, 1.807) is 5.32 Å². The molecule has 12 heteroatoms. The van der Waals surface area contributed by atoms with Gasteiger partial charge in [-0.2, -0.15) is 13.2 Å². The number of hydrogen-bond acceptors (Lipinski definition) is 7. The Kier molecular flexibility index (Phi) is 5.27. The second kappa shape index (κ2) is 8.05. The summed E-state index contributed by atoms with van der Waals surface area (Å²) in [5.74, 6) is -2.40. The number of methoxy groups -OCH3 is 1. The maximum absolute atomic E-state index is 14.7. The molecule has 1 amide bonds. The molecule has 176 valence electrons. The van der Waals surface area contributed by atoms with Crippen molar-refractivity contribution in [3.63, 3.8) is 0 Å². The summed E-state index contributed by atoms with van der Waals surface area (Å²) in [6.07, 6.45) is -4.20. The quantitative estimate of drug-likeness (QED) is 0.427. The van der Waals surface area contributed by atoms with Crippen LogP contribution in [-0.2, 0) is 11.2 Å². The third-order valence-corrected chi connectivity index (χ3v) is 6.52. The molecule has 0 fully saturated rings. The summed E-state index contributed by atoms with van der Waals surface area (Å²) >= 11 is 1.30. The van der Waals surface area contributed by atoms with E-state index >= 15 is 0 Å². The van der Waals surface area contributed by atoms with Crippen LogP contribution in [0.1, 0.15) is 11.1 Å². The van der Waals surface area contributed by atoms with Gasteiger partial charge in [0.25, 0.3) is 0 Å². The van der Waals surface area contributed by atoms with Crippen LogP contribution in [0.5, 0.6) is 11.6 Å². The molecule has 5 rings (SSSR count). The number of thiazole rings is 1. The van der Waals surface area contributed by atoms with Gasteiger partial charge in [-0.05, 0) is 24.6 Å². The van der Waals surface area contributed by atoms with Crippen LogP contribution in [0.4, 0.5) is 17.6 Å². The first-order valence-corrected chi connectivity index (χ1v) is 10.9. The number of ether oxygens (including phenoxy) is 2. The number of hydrogen-bond donors (Lipinski definition) is 1. The Balaban J connectivity index is 1.52. The summed E-state index contributed by atoms with van der Waals surface area (Å²) in [4.78, 5) is 24.6. The highest BCUT2D eigenvalue weighted by atomic mass is 32.1. The van der Waals surface area contributed by atoms with Gasteiger partial charge in [-0.25, -0.2) is 19.3 Å². The van der Waals surface area contributed by atoms with Gasteiger partial charge in [-0.1, -0.05) is 0 Å².